The molecule has 0 aliphatic heterocycles. The van der Waals surface area contributed by atoms with Crippen LogP contribution in [-0.2, 0) is 19.2 Å². The molecule has 0 saturated heterocycles. The number of carboxylic acid groups (broad SMARTS) is 2. The van der Waals surface area contributed by atoms with Crippen LogP contribution in [0.15, 0.2) is 4.99 Å². The van der Waals surface area contributed by atoms with E-state index in [1.807, 2.05) is 0 Å². The summed E-state index contributed by atoms with van der Waals surface area (Å²) in [7, 11) is 0. The number of nitrogens with two attached hydrogens (primary N) is 4. The van der Waals surface area contributed by atoms with Crippen molar-refractivity contribution in [3.63, 3.8) is 0 Å². The van der Waals surface area contributed by atoms with Crippen LogP contribution in [0, 0.1) is 0 Å². The van der Waals surface area contributed by atoms with Crippen LogP contribution in [-0.4, -0.2) is 71.1 Å². The number of nitrogens with zero attached hydrogens (tertiary/aromatic N) is 1. The van der Waals surface area contributed by atoms with E-state index in [0.717, 1.165) is 0 Å². The smallest absolute Gasteiger partial charge is 0.326 e. The second kappa shape index (κ2) is 15.0. The summed E-state index contributed by atoms with van der Waals surface area (Å²) in [6.07, 6.45) is 1.35. The zero-order valence-electron chi connectivity index (χ0n) is 16.9. The molecule has 0 bridgehead atoms. The molecule has 12 N–H and O–H groups in total. The molecule has 0 unspecified atom stereocenters. The van der Waals surface area contributed by atoms with Crippen LogP contribution in [0.3, 0.4) is 0 Å². The average molecular weight is 431 g/mol. The number of aliphatic carboxylic acids is 2. The summed E-state index contributed by atoms with van der Waals surface area (Å²) in [6, 6.07) is -3.33. The standard InChI is InChI=1S/C17H33N7O6/c18-8-2-1-4-11(23-14(27)10(19)6-7-13(25)26)15(28)24-12(16(29)30)5-3-9-22-17(20)21/h10-12H,1-9,18-19H2,(H,23,27)(H,24,28)(H,25,26)(H,29,30)(H4,20,21,22)/t10-,11+,12+/m1/s1. The van der Waals surface area contributed by atoms with Crippen LogP contribution < -0.4 is 33.6 Å². The number of carbonyl (C=O) groups excluding carboxylic acids is 2. The monoisotopic (exact) mass is 431 g/mol. The maximum absolute atomic E-state index is 12.6. The van der Waals surface area contributed by atoms with Crippen LogP contribution in [0.1, 0.15) is 44.9 Å². The largest absolute Gasteiger partial charge is 0.481 e. The van der Waals surface area contributed by atoms with E-state index in [2.05, 4.69) is 15.6 Å². The Morgan fingerprint density at radius 2 is 1.47 bits per heavy atom. The molecule has 0 aromatic carbocycles. The first-order chi connectivity index (χ1) is 14.1. The molecule has 0 aliphatic carbocycles. The molecule has 30 heavy (non-hydrogen) atoms. The van der Waals surface area contributed by atoms with Gasteiger partial charge in [-0.05, 0) is 45.1 Å². The molecule has 0 aromatic rings. The number of nitrogens with one attached hydrogen (secondary N) is 2. The molecule has 13 nitrogen and oxygen atoms in total. The highest BCUT2D eigenvalue weighted by Gasteiger charge is 2.27. The average Bonchev–Trinajstić information content (AvgIpc) is 2.66. The number of unbranched alkanes of at least 4 members (excludes halogenated alkanes) is 1. The molecule has 3 atom stereocenters. The lowest BCUT2D eigenvalue weighted by molar-refractivity contribution is -0.142. The molecule has 0 fully saturated rings. The first-order valence-corrected chi connectivity index (χ1v) is 9.64. The second-order valence-corrected chi connectivity index (χ2v) is 6.73. The van der Waals surface area contributed by atoms with Gasteiger partial charge < -0.3 is 43.8 Å². The van der Waals surface area contributed by atoms with Gasteiger partial charge in [0.2, 0.25) is 11.8 Å². The molecule has 172 valence electrons. The molecule has 2 amide bonds. The van der Waals surface area contributed by atoms with Gasteiger partial charge in [-0.1, -0.05) is 0 Å². The van der Waals surface area contributed by atoms with Gasteiger partial charge in [0.15, 0.2) is 5.96 Å². The molecule has 13 heteroatoms. The molecule has 0 heterocycles. The lowest BCUT2D eigenvalue weighted by atomic mass is 10.1. The van der Waals surface area contributed by atoms with Gasteiger partial charge in [-0.3, -0.25) is 19.4 Å². The maximum atomic E-state index is 12.6. The third-order valence-electron chi connectivity index (χ3n) is 4.15. The summed E-state index contributed by atoms with van der Waals surface area (Å²) in [5.74, 6) is -3.82. The Morgan fingerprint density at radius 1 is 0.867 bits per heavy atom. The fourth-order valence-corrected chi connectivity index (χ4v) is 2.48. The molecule has 0 saturated carbocycles. The highest BCUT2D eigenvalue weighted by Crippen LogP contribution is 2.05. The Balaban J connectivity index is 4.98. The van der Waals surface area contributed by atoms with E-state index < -0.39 is 41.9 Å². The number of carboxylic acids is 2. The third-order valence-corrected chi connectivity index (χ3v) is 4.15. The fourth-order valence-electron chi connectivity index (χ4n) is 2.48. The van der Waals surface area contributed by atoms with E-state index in [1.165, 1.54) is 0 Å². The van der Waals surface area contributed by atoms with Gasteiger partial charge in [0, 0.05) is 13.0 Å². The predicted molar refractivity (Wildman–Crippen MR) is 109 cm³/mol. The van der Waals surface area contributed by atoms with Crippen molar-refractivity contribution < 1.29 is 29.4 Å². The van der Waals surface area contributed by atoms with Crippen LogP contribution in [0.4, 0.5) is 0 Å². The third kappa shape index (κ3) is 12.5. The number of aliphatic imine (C=N–C) groups is 1. The number of hydrogen-bond acceptors (Lipinski definition) is 7. The SMILES string of the molecule is NCCCC[C@H](NC(=O)[C@H](N)CCC(=O)O)C(=O)N[C@@H](CCCN=C(N)N)C(=O)O. The zero-order valence-corrected chi connectivity index (χ0v) is 16.9. The lowest BCUT2D eigenvalue weighted by Crippen LogP contribution is -2.54. The van der Waals surface area contributed by atoms with Gasteiger partial charge in [0.1, 0.15) is 12.1 Å². The van der Waals surface area contributed by atoms with Gasteiger partial charge in [-0.15, -0.1) is 0 Å². The van der Waals surface area contributed by atoms with Crippen molar-refractivity contribution in [2.75, 3.05) is 13.1 Å². The van der Waals surface area contributed by atoms with Gasteiger partial charge in [0.25, 0.3) is 0 Å². The van der Waals surface area contributed by atoms with Crippen molar-refractivity contribution in [2.45, 2.75) is 63.1 Å². The molecular formula is C17H33N7O6. The Hall–Kier alpha value is -2.93. The van der Waals surface area contributed by atoms with Crippen LogP contribution in [0.25, 0.3) is 0 Å². The summed E-state index contributed by atoms with van der Waals surface area (Å²) >= 11 is 0. The maximum Gasteiger partial charge on any atom is 0.326 e. The van der Waals surface area contributed by atoms with Gasteiger partial charge in [-0.2, -0.15) is 0 Å². The minimum Gasteiger partial charge on any atom is -0.481 e. The van der Waals surface area contributed by atoms with E-state index in [1.54, 1.807) is 0 Å². The Kier molecular flexibility index (Phi) is 13.5. The van der Waals surface area contributed by atoms with Crippen LogP contribution >= 0.6 is 0 Å². The Bertz CT molecular complexity index is 609. The number of amides is 2. The topological polar surface area (TPSA) is 249 Å². The van der Waals surface area contributed by atoms with Gasteiger partial charge in [0.05, 0.1) is 6.04 Å². The minimum absolute atomic E-state index is 0.0828. The summed E-state index contributed by atoms with van der Waals surface area (Å²) in [5.41, 5.74) is 21.5. The lowest BCUT2D eigenvalue weighted by Gasteiger charge is -2.23. The van der Waals surface area contributed by atoms with Gasteiger partial charge >= 0.3 is 11.9 Å². The van der Waals surface area contributed by atoms with Crippen molar-refractivity contribution >= 4 is 29.7 Å². The minimum atomic E-state index is -1.24. The summed E-state index contributed by atoms with van der Waals surface area (Å²) < 4.78 is 0. The predicted octanol–water partition coefficient (Wildman–Crippen LogP) is -2.58. The first kappa shape index (κ1) is 27.1. The van der Waals surface area contributed by atoms with Crippen molar-refractivity contribution in [3.05, 3.63) is 0 Å². The molecular weight excluding hydrogens is 398 g/mol. The highest BCUT2D eigenvalue weighted by molar-refractivity contribution is 5.91. The van der Waals surface area contributed by atoms with Gasteiger partial charge in [-0.25, -0.2) is 4.79 Å². The van der Waals surface area contributed by atoms with Crippen molar-refractivity contribution in [2.24, 2.45) is 27.9 Å². The highest BCUT2D eigenvalue weighted by atomic mass is 16.4. The molecule has 0 aliphatic rings. The summed E-state index contributed by atoms with van der Waals surface area (Å²) in [5, 5.41) is 22.9. The van der Waals surface area contributed by atoms with E-state index in [-0.39, 0.29) is 38.2 Å². The van der Waals surface area contributed by atoms with Crippen molar-refractivity contribution in [3.8, 4) is 0 Å². The number of rotatable bonds is 16. The van der Waals surface area contributed by atoms with Crippen LogP contribution in [0.2, 0.25) is 0 Å². The molecule has 0 aromatic heterocycles. The molecule has 0 rings (SSSR count). The summed E-state index contributed by atoms with van der Waals surface area (Å²) in [4.78, 5) is 50.6. The quantitative estimate of drug-likeness (QED) is 0.0719. The molecule has 0 spiro atoms. The summed E-state index contributed by atoms with van der Waals surface area (Å²) in [6.45, 7) is 0.597. The number of hydrogen-bond donors (Lipinski definition) is 8. The Labute approximate surface area is 174 Å². The van der Waals surface area contributed by atoms with Crippen molar-refractivity contribution in [1.82, 2.24) is 10.6 Å². The van der Waals surface area contributed by atoms with E-state index in [4.69, 9.17) is 28.0 Å². The van der Waals surface area contributed by atoms with E-state index in [0.29, 0.717) is 25.8 Å². The zero-order chi connectivity index (χ0) is 23.1. The Morgan fingerprint density at radius 3 is 2.00 bits per heavy atom. The van der Waals surface area contributed by atoms with E-state index >= 15 is 0 Å². The number of carbonyl (C=O) groups is 4. The van der Waals surface area contributed by atoms with Crippen LogP contribution in [0.5, 0.6) is 0 Å². The second-order valence-electron chi connectivity index (χ2n) is 6.73. The first-order valence-electron chi connectivity index (χ1n) is 9.64. The molecule has 0 radical (unpaired) electrons. The van der Waals surface area contributed by atoms with E-state index in [9.17, 15) is 24.3 Å². The number of guanidine groups is 1. The fraction of sp³-hybridized carbons (Fsp3) is 0.706. The normalized spacial score (nSPS) is 13.5. The van der Waals surface area contributed by atoms with Crippen molar-refractivity contribution in [1.29, 1.82) is 0 Å².